The first-order valence-corrected chi connectivity index (χ1v) is 7.26. The van der Waals surface area contributed by atoms with Gasteiger partial charge in [-0.1, -0.05) is 26.0 Å². The van der Waals surface area contributed by atoms with E-state index in [-0.39, 0.29) is 5.82 Å². The van der Waals surface area contributed by atoms with E-state index in [1.807, 2.05) is 16.8 Å². The Balaban J connectivity index is 1.88. The SMILES string of the molecule is CC(C)NCc1cccc(F)c1OCCCn1ccnc1. The number of imidazole rings is 1. The molecule has 1 N–H and O–H groups in total. The van der Waals surface area contributed by atoms with E-state index in [1.165, 1.54) is 6.07 Å². The van der Waals surface area contributed by atoms with Crippen molar-refractivity contribution in [1.82, 2.24) is 14.9 Å². The van der Waals surface area contributed by atoms with Gasteiger partial charge in [-0.05, 0) is 12.5 Å². The van der Waals surface area contributed by atoms with E-state index in [4.69, 9.17) is 4.74 Å². The molecule has 0 aliphatic rings. The summed E-state index contributed by atoms with van der Waals surface area (Å²) >= 11 is 0. The van der Waals surface area contributed by atoms with Gasteiger partial charge in [0.25, 0.3) is 0 Å². The fourth-order valence-electron chi connectivity index (χ4n) is 2.01. The monoisotopic (exact) mass is 291 g/mol. The van der Waals surface area contributed by atoms with Crippen LogP contribution in [0.2, 0.25) is 0 Å². The summed E-state index contributed by atoms with van der Waals surface area (Å²) in [5.41, 5.74) is 0.853. The zero-order valence-electron chi connectivity index (χ0n) is 12.6. The molecule has 0 aliphatic heterocycles. The Bertz CT molecular complexity index is 540. The Hall–Kier alpha value is -1.88. The summed E-state index contributed by atoms with van der Waals surface area (Å²) in [6, 6.07) is 5.39. The summed E-state index contributed by atoms with van der Waals surface area (Å²) in [5.74, 6) is 0.0527. The number of aromatic nitrogens is 2. The minimum Gasteiger partial charge on any atom is -0.490 e. The van der Waals surface area contributed by atoms with Crippen LogP contribution in [0.3, 0.4) is 0 Å². The van der Waals surface area contributed by atoms with E-state index in [2.05, 4.69) is 24.1 Å². The van der Waals surface area contributed by atoms with Crippen LogP contribution in [0.15, 0.2) is 36.9 Å². The third-order valence-electron chi connectivity index (χ3n) is 3.12. The van der Waals surface area contributed by atoms with Crippen molar-refractivity contribution in [3.05, 3.63) is 48.3 Å². The maximum atomic E-state index is 13.9. The van der Waals surface area contributed by atoms with Crippen molar-refractivity contribution in [2.24, 2.45) is 0 Å². The summed E-state index contributed by atoms with van der Waals surface area (Å²) in [6.45, 7) is 6.02. The van der Waals surface area contributed by atoms with Crippen molar-refractivity contribution in [3.63, 3.8) is 0 Å². The quantitative estimate of drug-likeness (QED) is 0.760. The predicted octanol–water partition coefficient (Wildman–Crippen LogP) is 2.99. The second kappa shape index (κ2) is 7.78. The number of hydrogen-bond acceptors (Lipinski definition) is 3. The van der Waals surface area contributed by atoms with Crippen LogP contribution in [0.5, 0.6) is 5.75 Å². The molecule has 0 radical (unpaired) electrons. The zero-order valence-corrected chi connectivity index (χ0v) is 12.6. The van der Waals surface area contributed by atoms with Crippen molar-refractivity contribution >= 4 is 0 Å². The summed E-state index contributed by atoms with van der Waals surface area (Å²) in [6.07, 6.45) is 6.22. The molecule has 2 aromatic rings. The number of rotatable bonds is 8. The van der Waals surface area contributed by atoms with Crippen molar-refractivity contribution in [2.75, 3.05) is 6.61 Å². The Kier molecular flexibility index (Phi) is 5.75. The maximum Gasteiger partial charge on any atom is 0.165 e. The smallest absolute Gasteiger partial charge is 0.165 e. The zero-order chi connectivity index (χ0) is 15.1. The van der Waals surface area contributed by atoms with Crippen molar-refractivity contribution in [2.45, 2.75) is 39.4 Å². The fourth-order valence-corrected chi connectivity index (χ4v) is 2.01. The standard InChI is InChI=1S/C16H22FN3O/c1-13(2)19-11-14-5-3-6-15(17)16(14)21-10-4-8-20-9-7-18-12-20/h3,5-7,9,12-13,19H,4,8,10-11H2,1-2H3. The summed E-state index contributed by atoms with van der Waals surface area (Å²) in [5, 5.41) is 3.28. The van der Waals surface area contributed by atoms with Gasteiger partial charge in [-0.3, -0.25) is 0 Å². The summed E-state index contributed by atoms with van der Waals surface area (Å²) in [7, 11) is 0. The van der Waals surface area contributed by atoms with Gasteiger partial charge in [0.2, 0.25) is 0 Å². The van der Waals surface area contributed by atoms with Gasteiger partial charge in [-0.2, -0.15) is 0 Å². The average Bonchev–Trinajstić information content (AvgIpc) is 2.96. The molecule has 0 spiro atoms. The van der Waals surface area contributed by atoms with Crippen LogP contribution in [-0.4, -0.2) is 22.2 Å². The first-order chi connectivity index (χ1) is 10.2. The Morgan fingerprint density at radius 1 is 1.38 bits per heavy atom. The van der Waals surface area contributed by atoms with Crippen LogP contribution in [0.25, 0.3) is 0 Å². The lowest BCUT2D eigenvalue weighted by atomic mass is 10.2. The number of benzene rings is 1. The van der Waals surface area contributed by atoms with Gasteiger partial charge < -0.3 is 14.6 Å². The topological polar surface area (TPSA) is 39.1 Å². The highest BCUT2D eigenvalue weighted by molar-refractivity contribution is 5.34. The molecule has 1 aromatic carbocycles. The van der Waals surface area contributed by atoms with Gasteiger partial charge in [0, 0.05) is 37.1 Å². The second-order valence-corrected chi connectivity index (χ2v) is 5.27. The lowest BCUT2D eigenvalue weighted by Crippen LogP contribution is -2.22. The molecule has 1 heterocycles. The lowest BCUT2D eigenvalue weighted by Gasteiger charge is -2.14. The van der Waals surface area contributed by atoms with Crippen LogP contribution in [0.4, 0.5) is 4.39 Å². The van der Waals surface area contributed by atoms with Gasteiger partial charge in [-0.25, -0.2) is 9.37 Å². The number of para-hydroxylation sites is 1. The molecule has 0 fully saturated rings. The van der Waals surface area contributed by atoms with Crippen molar-refractivity contribution < 1.29 is 9.13 Å². The molecule has 0 atom stereocenters. The molecule has 0 saturated carbocycles. The molecule has 0 unspecified atom stereocenters. The summed E-state index contributed by atoms with van der Waals surface area (Å²) in [4.78, 5) is 3.98. The Morgan fingerprint density at radius 3 is 2.95 bits per heavy atom. The van der Waals surface area contributed by atoms with E-state index < -0.39 is 0 Å². The van der Waals surface area contributed by atoms with Gasteiger partial charge in [0.15, 0.2) is 11.6 Å². The van der Waals surface area contributed by atoms with E-state index >= 15 is 0 Å². The molecular weight excluding hydrogens is 269 g/mol. The Labute approximate surface area is 125 Å². The number of ether oxygens (including phenoxy) is 1. The highest BCUT2D eigenvalue weighted by Gasteiger charge is 2.10. The Morgan fingerprint density at radius 2 is 2.24 bits per heavy atom. The number of nitrogens with zero attached hydrogens (tertiary/aromatic N) is 2. The van der Waals surface area contributed by atoms with E-state index in [0.29, 0.717) is 24.9 Å². The van der Waals surface area contributed by atoms with Crippen LogP contribution < -0.4 is 10.1 Å². The third kappa shape index (κ3) is 4.86. The lowest BCUT2D eigenvalue weighted by molar-refractivity contribution is 0.283. The molecule has 4 nitrogen and oxygen atoms in total. The average molecular weight is 291 g/mol. The normalized spacial score (nSPS) is 11.0. The molecule has 0 amide bonds. The number of aryl methyl sites for hydroxylation is 1. The fraction of sp³-hybridized carbons (Fsp3) is 0.438. The molecule has 0 saturated heterocycles. The predicted molar refractivity (Wildman–Crippen MR) is 80.7 cm³/mol. The number of hydrogen-bond donors (Lipinski definition) is 1. The number of halogens is 1. The van der Waals surface area contributed by atoms with Gasteiger partial charge in [-0.15, -0.1) is 0 Å². The highest BCUT2D eigenvalue weighted by atomic mass is 19.1. The van der Waals surface area contributed by atoms with E-state index in [0.717, 1.165) is 18.5 Å². The first-order valence-electron chi connectivity index (χ1n) is 7.26. The molecule has 0 aliphatic carbocycles. The highest BCUT2D eigenvalue weighted by Crippen LogP contribution is 2.23. The second-order valence-electron chi connectivity index (χ2n) is 5.27. The van der Waals surface area contributed by atoms with Crippen LogP contribution in [0.1, 0.15) is 25.8 Å². The van der Waals surface area contributed by atoms with Crippen molar-refractivity contribution in [1.29, 1.82) is 0 Å². The molecule has 21 heavy (non-hydrogen) atoms. The van der Waals surface area contributed by atoms with Crippen LogP contribution >= 0.6 is 0 Å². The molecule has 114 valence electrons. The van der Waals surface area contributed by atoms with E-state index in [1.54, 1.807) is 18.6 Å². The minimum absolute atomic E-state index is 0.305. The largest absolute Gasteiger partial charge is 0.490 e. The van der Waals surface area contributed by atoms with Crippen molar-refractivity contribution in [3.8, 4) is 5.75 Å². The van der Waals surface area contributed by atoms with Crippen LogP contribution in [-0.2, 0) is 13.1 Å². The maximum absolute atomic E-state index is 13.9. The minimum atomic E-state index is -0.305. The van der Waals surface area contributed by atoms with Gasteiger partial charge >= 0.3 is 0 Å². The first kappa shape index (κ1) is 15.5. The molecule has 2 rings (SSSR count). The third-order valence-corrected chi connectivity index (χ3v) is 3.12. The number of nitrogens with one attached hydrogen (secondary N) is 1. The van der Waals surface area contributed by atoms with Gasteiger partial charge in [0.05, 0.1) is 12.9 Å². The van der Waals surface area contributed by atoms with E-state index in [9.17, 15) is 4.39 Å². The summed E-state index contributed by atoms with van der Waals surface area (Å²) < 4.78 is 21.5. The molecule has 1 aromatic heterocycles. The molecular formula is C16H22FN3O. The van der Waals surface area contributed by atoms with Crippen LogP contribution in [0, 0.1) is 5.82 Å². The molecule has 0 bridgehead atoms. The molecule has 5 heteroatoms. The van der Waals surface area contributed by atoms with Gasteiger partial charge in [0.1, 0.15) is 0 Å².